The van der Waals surface area contributed by atoms with Crippen LogP contribution >= 0.6 is 0 Å². The van der Waals surface area contributed by atoms with Crippen molar-refractivity contribution in [2.45, 2.75) is 33.1 Å². The maximum Gasteiger partial charge on any atom is 0.345 e. The molecule has 0 aliphatic carbocycles. The molecule has 0 aliphatic heterocycles. The molecule has 3 heteroatoms. The molecule has 0 heterocycles. The first-order valence-corrected chi connectivity index (χ1v) is 5.48. The molecule has 0 bridgehead atoms. The van der Waals surface area contributed by atoms with Gasteiger partial charge in [0.1, 0.15) is 0 Å². The third-order valence-electron chi connectivity index (χ3n) is 2.68. The molecule has 0 fully saturated rings. The monoisotopic (exact) mass is 222 g/mol. The molecule has 0 radical (unpaired) electrons. The van der Waals surface area contributed by atoms with Crippen LogP contribution in [0.25, 0.3) is 0 Å². The molecule has 88 valence electrons. The predicted molar refractivity (Wildman–Crippen MR) is 62.1 cm³/mol. The van der Waals surface area contributed by atoms with Crippen LogP contribution in [0.5, 0.6) is 0 Å². The Morgan fingerprint density at radius 1 is 1.25 bits per heavy atom. The van der Waals surface area contributed by atoms with Gasteiger partial charge in [-0.1, -0.05) is 45.0 Å². The van der Waals surface area contributed by atoms with Gasteiger partial charge in [-0.05, 0) is 23.5 Å². The molecule has 1 N–H and O–H groups in total. The second kappa shape index (κ2) is 5.66. The van der Waals surface area contributed by atoms with Crippen LogP contribution in [-0.2, 0) is 16.1 Å². The average molecular weight is 222 g/mol. The summed E-state index contributed by atoms with van der Waals surface area (Å²) in [5, 5.41) is 8.25. The largest absolute Gasteiger partial charge is 0.345 e. The topological polar surface area (TPSA) is 46.5 Å². The fourth-order valence-corrected chi connectivity index (χ4v) is 1.57. The SMILES string of the molecule is CC(Cc1ccc(C(C)C)cc1)C(=O)OO. The van der Waals surface area contributed by atoms with Gasteiger partial charge in [0, 0.05) is 0 Å². The van der Waals surface area contributed by atoms with Crippen molar-refractivity contribution in [1.82, 2.24) is 0 Å². The van der Waals surface area contributed by atoms with E-state index in [1.165, 1.54) is 5.56 Å². The maximum absolute atomic E-state index is 11.0. The van der Waals surface area contributed by atoms with Crippen LogP contribution in [0.2, 0.25) is 0 Å². The Morgan fingerprint density at radius 2 is 1.81 bits per heavy atom. The molecule has 0 aromatic heterocycles. The van der Waals surface area contributed by atoms with Crippen molar-refractivity contribution in [1.29, 1.82) is 0 Å². The number of carbonyl (C=O) groups excluding carboxylic acids is 1. The zero-order chi connectivity index (χ0) is 12.1. The Hall–Kier alpha value is -1.35. The summed E-state index contributed by atoms with van der Waals surface area (Å²) >= 11 is 0. The number of rotatable bonds is 4. The van der Waals surface area contributed by atoms with E-state index in [2.05, 4.69) is 30.9 Å². The Balaban J connectivity index is 2.65. The third-order valence-corrected chi connectivity index (χ3v) is 2.68. The smallest absolute Gasteiger partial charge is 0.301 e. The molecule has 0 saturated heterocycles. The molecule has 1 aromatic carbocycles. The lowest BCUT2D eigenvalue weighted by molar-refractivity contribution is -0.238. The third kappa shape index (κ3) is 3.35. The van der Waals surface area contributed by atoms with Gasteiger partial charge in [0.2, 0.25) is 0 Å². The van der Waals surface area contributed by atoms with Crippen LogP contribution in [0.4, 0.5) is 0 Å². The molecule has 1 atom stereocenters. The summed E-state index contributed by atoms with van der Waals surface area (Å²) in [6, 6.07) is 8.15. The Kier molecular flexibility index (Phi) is 4.50. The van der Waals surface area contributed by atoms with Crippen LogP contribution in [0.3, 0.4) is 0 Å². The number of hydrogen-bond donors (Lipinski definition) is 1. The second-order valence-electron chi connectivity index (χ2n) is 4.41. The number of benzene rings is 1. The van der Waals surface area contributed by atoms with Crippen molar-refractivity contribution in [2.24, 2.45) is 5.92 Å². The van der Waals surface area contributed by atoms with Gasteiger partial charge in [-0.15, -0.1) is 0 Å². The number of hydrogen-bond acceptors (Lipinski definition) is 3. The number of carbonyl (C=O) groups is 1. The van der Waals surface area contributed by atoms with Gasteiger partial charge < -0.3 is 4.89 Å². The van der Waals surface area contributed by atoms with E-state index < -0.39 is 5.97 Å². The summed E-state index contributed by atoms with van der Waals surface area (Å²) in [5.74, 6) is -0.406. The van der Waals surface area contributed by atoms with Gasteiger partial charge >= 0.3 is 5.97 Å². The van der Waals surface area contributed by atoms with E-state index in [-0.39, 0.29) is 5.92 Å². The Morgan fingerprint density at radius 3 is 2.25 bits per heavy atom. The molecule has 3 nitrogen and oxygen atoms in total. The molecule has 0 aliphatic rings. The van der Waals surface area contributed by atoms with E-state index in [9.17, 15) is 4.79 Å². The summed E-state index contributed by atoms with van der Waals surface area (Å²) in [7, 11) is 0. The second-order valence-corrected chi connectivity index (χ2v) is 4.41. The Bertz CT molecular complexity index is 341. The summed E-state index contributed by atoms with van der Waals surface area (Å²) in [6.45, 7) is 6.01. The minimum absolute atomic E-state index is 0.324. The van der Waals surface area contributed by atoms with Crippen molar-refractivity contribution >= 4 is 5.97 Å². The molecular formula is C13H18O3. The van der Waals surface area contributed by atoms with Gasteiger partial charge in [0.05, 0.1) is 5.92 Å². The summed E-state index contributed by atoms with van der Waals surface area (Å²) in [6.07, 6.45) is 0.581. The zero-order valence-electron chi connectivity index (χ0n) is 9.93. The predicted octanol–water partition coefficient (Wildman–Crippen LogP) is 3.00. The lowest BCUT2D eigenvalue weighted by Gasteiger charge is -2.09. The lowest BCUT2D eigenvalue weighted by Crippen LogP contribution is -2.15. The van der Waals surface area contributed by atoms with E-state index in [0.29, 0.717) is 12.3 Å². The van der Waals surface area contributed by atoms with Gasteiger partial charge in [0.15, 0.2) is 0 Å². The minimum Gasteiger partial charge on any atom is -0.301 e. The zero-order valence-corrected chi connectivity index (χ0v) is 9.93. The quantitative estimate of drug-likeness (QED) is 0.629. The Labute approximate surface area is 96.0 Å². The van der Waals surface area contributed by atoms with Crippen LogP contribution in [0, 0.1) is 5.92 Å². The first-order chi connectivity index (χ1) is 7.54. The van der Waals surface area contributed by atoms with E-state index in [1.54, 1.807) is 6.92 Å². The van der Waals surface area contributed by atoms with Crippen LogP contribution in [0.1, 0.15) is 37.8 Å². The molecule has 0 amide bonds. The van der Waals surface area contributed by atoms with Crippen LogP contribution in [0.15, 0.2) is 24.3 Å². The lowest BCUT2D eigenvalue weighted by atomic mass is 9.97. The molecule has 16 heavy (non-hydrogen) atoms. The van der Waals surface area contributed by atoms with E-state index >= 15 is 0 Å². The highest BCUT2D eigenvalue weighted by Crippen LogP contribution is 2.16. The molecule has 0 saturated carbocycles. The van der Waals surface area contributed by atoms with E-state index in [4.69, 9.17) is 5.26 Å². The highest BCUT2D eigenvalue weighted by atomic mass is 17.1. The van der Waals surface area contributed by atoms with Gasteiger partial charge in [-0.25, -0.2) is 4.79 Å². The fourth-order valence-electron chi connectivity index (χ4n) is 1.57. The van der Waals surface area contributed by atoms with E-state index in [1.807, 2.05) is 12.1 Å². The molecule has 1 rings (SSSR count). The van der Waals surface area contributed by atoms with Gasteiger partial charge in [-0.3, -0.25) is 0 Å². The molecule has 1 unspecified atom stereocenters. The van der Waals surface area contributed by atoms with Crippen molar-refractivity contribution < 1.29 is 14.9 Å². The minimum atomic E-state index is -0.590. The first kappa shape index (κ1) is 12.7. The van der Waals surface area contributed by atoms with Crippen LogP contribution in [-0.4, -0.2) is 11.2 Å². The summed E-state index contributed by atoms with van der Waals surface area (Å²) in [4.78, 5) is 14.7. The average Bonchev–Trinajstić information content (AvgIpc) is 2.28. The normalized spacial score (nSPS) is 12.6. The fraction of sp³-hybridized carbons (Fsp3) is 0.462. The van der Waals surface area contributed by atoms with Crippen molar-refractivity contribution in [3.63, 3.8) is 0 Å². The first-order valence-electron chi connectivity index (χ1n) is 5.48. The standard InChI is InChI=1S/C13H18O3/c1-9(2)12-6-4-11(5-7-12)8-10(3)13(14)16-15/h4-7,9-10,15H,8H2,1-3H3. The summed E-state index contributed by atoms with van der Waals surface area (Å²) < 4.78 is 0. The summed E-state index contributed by atoms with van der Waals surface area (Å²) in [5.41, 5.74) is 2.35. The highest BCUT2D eigenvalue weighted by Gasteiger charge is 2.15. The van der Waals surface area contributed by atoms with Crippen molar-refractivity contribution in [3.05, 3.63) is 35.4 Å². The van der Waals surface area contributed by atoms with Gasteiger partial charge in [-0.2, -0.15) is 5.26 Å². The maximum atomic E-state index is 11.0. The molecule has 0 spiro atoms. The molecular weight excluding hydrogens is 204 g/mol. The van der Waals surface area contributed by atoms with Crippen molar-refractivity contribution in [2.75, 3.05) is 0 Å². The highest BCUT2D eigenvalue weighted by molar-refractivity contribution is 5.71. The van der Waals surface area contributed by atoms with E-state index in [0.717, 1.165) is 5.56 Å². The van der Waals surface area contributed by atoms with Crippen molar-refractivity contribution in [3.8, 4) is 0 Å². The molecule has 1 aromatic rings. The van der Waals surface area contributed by atoms with Gasteiger partial charge in [0.25, 0.3) is 0 Å². The van der Waals surface area contributed by atoms with Crippen LogP contribution < -0.4 is 0 Å².